The molecule has 1 aromatic carbocycles. The summed E-state index contributed by atoms with van der Waals surface area (Å²) in [6.45, 7) is 0.221. The van der Waals surface area contributed by atoms with Crippen molar-refractivity contribution in [2.75, 3.05) is 27.3 Å². The molecule has 4 rings (SSSR count). The number of rotatable bonds is 2. The van der Waals surface area contributed by atoms with E-state index in [9.17, 15) is 15.3 Å². The molecule has 27 heavy (non-hydrogen) atoms. The van der Waals surface area contributed by atoms with Crippen molar-refractivity contribution in [2.24, 2.45) is 0 Å². The van der Waals surface area contributed by atoms with Gasteiger partial charge in [-0.2, -0.15) is 0 Å². The van der Waals surface area contributed by atoms with Crippen LogP contribution in [-0.2, 0) is 14.2 Å². The summed E-state index contributed by atoms with van der Waals surface area (Å²) in [6, 6.07) is 7.07. The SMILES string of the molecule is COc1ccc([C@H]2OC[C@@]3(Cl)O[C@@H](O[C@H]4[C@@H]2N(C)C[C@@H]4O)[C@H](O)[C@@H]3O)cc1. The zero-order valence-corrected chi connectivity index (χ0v) is 15.8. The van der Waals surface area contributed by atoms with Crippen LogP contribution in [0.2, 0.25) is 0 Å². The van der Waals surface area contributed by atoms with Crippen molar-refractivity contribution in [3.8, 4) is 5.75 Å². The molecule has 3 fully saturated rings. The van der Waals surface area contributed by atoms with Gasteiger partial charge in [0.1, 0.15) is 30.2 Å². The molecule has 3 aliphatic heterocycles. The molecule has 0 saturated carbocycles. The van der Waals surface area contributed by atoms with Gasteiger partial charge in [0.25, 0.3) is 0 Å². The highest BCUT2D eigenvalue weighted by Gasteiger charge is 2.58. The van der Waals surface area contributed by atoms with E-state index in [1.165, 1.54) is 0 Å². The number of aliphatic hydroxyl groups is 3. The van der Waals surface area contributed by atoms with E-state index in [1.807, 2.05) is 36.2 Å². The Bertz CT molecular complexity index is 676. The van der Waals surface area contributed by atoms with Gasteiger partial charge in [-0.15, -0.1) is 0 Å². The molecule has 0 aromatic heterocycles. The van der Waals surface area contributed by atoms with Crippen molar-refractivity contribution >= 4 is 11.6 Å². The third kappa shape index (κ3) is 3.24. The first-order valence-corrected chi connectivity index (χ1v) is 9.24. The second-order valence-electron chi connectivity index (χ2n) is 7.31. The number of fused-ring (bicyclic) bond motifs is 3. The Hall–Kier alpha value is -0.970. The van der Waals surface area contributed by atoms with E-state index >= 15 is 0 Å². The quantitative estimate of drug-likeness (QED) is 0.588. The molecule has 9 heteroatoms. The minimum absolute atomic E-state index is 0.156. The van der Waals surface area contributed by atoms with Crippen molar-refractivity contribution in [1.29, 1.82) is 0 Å². The van der Waals surface area contributed by atoms with Crippen LogP contribution in [0.15, 0.2) is 24.3 Å². The van der Waals surface area contributed by atoms with Crippen molar-refractivity contribution in [3.05, 3.63) is 29.8 Å². The van der Waals surface area contributed by atoms with Crippen molar-refractivity contribution in [2.45, 2.75) is 47.9 Å². The van der Waals surface area contributed by atoms with Gasteiger partial charge in [0.05, 0.1) is 25.9 Å². The smallest absolute Gasteiger partial charge is 0.196 e. The molecule has 3 saturated heterocycles. The van der Waals surface area contributed by atoms with Crippen LogP contribution < -0.4 is 4.74 Å². The lowest BCUT2D eigenvalue weighted by Crippen LogP contribution is -2.48. The predicted octanol–water partition coefficient (Wildman–Crippen LogP) is -0.160. The normalized spacial score (nSPS) is 45.0. The third-order valence-corrected chi connectivity index (χ3v) is 5.98. The average Bonchev–Trinajstić information content (AvgIpc) is 3.07. The first-order chi connectivity index (χ1) is 12.8. The number of alkyl halides is 1. The summed E-state index contributed by atoms with van der Waals surface area (Å²) >= 11 is 6.39. The third-order valence-electron chi connectivity index (χ3n) is 5.56. The molecule has 8 atom stereocenters. The van der Waals surface area contributed by atoms with Gasteiger partial charge in [-0.05, 0) is 24.7 Å². The second-order valence-corrected chi connectivity index (χ2v) is 7.95. The maximum atomic E-state index is 10.5. The lowest BCUT2D eigenvalue weighted by atomic mass is 9.96. The van der Waals surface area contributed by atoms with Crippen LogP contribution in [0.4, 0.5) is 0 Å². The van der Waals surface area contributed by atoms with Gasteiger partial charge < -0.3 is 34.3 Å². The Morgan fingerprint density at radius 3 is 2.59 bits per heavy atom. The summed E-state index contributed by atoms with van der Waals surface area (Å²) in [5, 5.41) is 29.4. The summed E-state index contributed by atoms with van der Waals surface area (Å²) in [5.74, 6) is 0.712. The minimum Gasteiger partial charge on any atom is -0.497 e. The van der Waals surface area contributed by atoms with Gasteiger partial charge in [0.2, 0.25) is 0 Å². The number of likely N-dealkylation sites (tertiary alicyclic amines) is 1. The molecule has 0 amide bonds. The zero-order chi connectivity index (χ0) is 19.3. The molecular weight excluding hydrogens is 378 g/mol. The Balaban J connectivity index is 1.71. The number of hydrogen-bond acceptors (Lipinski definition) is 8. The molecule has 3 aliphatic rings. The van der Waals surface area contributed by atoms with Gasteiger partial charge in [0.15, 0.2) is 11.4 Å². The molecule has 150 valence electrons. The maximum Gasteiger partial charge on any atom is 0.196 e. The van der Waals surface area contributed by atoms with Crippen LogP contribution in [0.1, 0.15) is 11.7 Å². The number of methoxy groups -OCH3 is 1. The molecule has 0 radical (unpaired) electrons. The number of hydrogen-bond donors (Lipinski definition) is 3. The number of aliphatic hydroxyl groups excluding tert-OH is 3. The van der Waals surface area contributed by atoms with Crippen LogP contribution in [0.25, 0.3) is 0 Å². The highest BCUT2D eigenvalue weighted by molar-refractivity contribution is 6.23. The van der Waals surface area contributed by atoms with Crippen LogP contribution in [0.3, 0.4) is 0 Å². The molecular formula is C18H24ClNO7. The predicted molar refractivity (Wildman–Crippen MR) is 94.5 cm³/mol. The molecule has 3 heterocycles. The Morgan fingerprint density at radius 2 is 1.93 bits per heavy atom. The van der Waals surface area contributed by atoms with E-state index in [4.69, 9.17) is 30.5 Å². The van der Waals surface area contributed by atoms with Gasteiger partial charge in [-0.3, -0.25) is 4.90 Å². The molecule has 8 nitrogen and oxygen atoms in total. The van der Waals surface area contributed by atoms with Crippen molar-refractivity contribution < 1.29 is 34.3 Å². The van der Waals surface area contributed by atoms with Crippen molar-refractivity contribution in [1.82, 2.24) is 4.90 Å². The van der Waals surface area contributed by atoms with E-state index in [0.29, 0.717) is 12.3 Å². The zero-order valence-electron chi connectivity index (χ0n) is 15.1. The van der Waals surface area contributed by atoms with Crippen LogP contribution in [0, 0.1) is 0 Å². The van der Waals surface area contributed by atoms with E-state index in [-0.39, 0.29) is 12.6 Å². The van der Waals surface area contributed by atoms with E-state index in [1.54, 1.807) is 7.11 Å². The standard InChI is InChI=1S/C18H24ClNO7/c1-20-7-11(21)15-12(20)14(9-3-5-10(24-2)6-4-9)25-8-18(19)16(23)13(22)17(26-15)27-18/h3-6,11-17,21-23H,7-8H2,1-2H3/t11-,12+,13+,14+,15+,16-,17+,18+/m0/s1. The van der Waals surface area contributed by atoms with E-state index < -0.39 is 41.9 Å². The number of β-amino-alcohol motifs (C(OH)–C–C–N with tert-alkyl or cyclic N) is 1. The number of likely N-dealkylation sites (N-methyl/N-ethyl adjacent to an activating group) is 1. The van der Waals surface area contributed by atoms with Gasteiger partial charge >= 0.3 is 0 Å². The summed E-state index contributed by atoms with van der Waals surface area (Å²) in [6.07, 6.45) is -5.85. The number of benzene rings is 1. The van der Waals surface area contributed by atoms with Gasteiger partial charge in [-0.25, -0.2) is 0 Å². The fourth-order valence-electron chi connectivity index (χ4n) is 4.08. The lowest BCUT2D eigenvalue weighted by Gasteiger charge is -2.35. The minimum atomic E-state index is -1.63. The summed E-state index contributed by atoms with van der Waals surface area (Å²) in [4.78, 5) is 1.95. The Morgan fingerprint density at radius 1 is 1.22 bits per heavy atom. The van der Waals surface area contributed by atoms with Gasteiger partial charge in [-0.1, -0.05) is 23.7 Å². The summed E-state index contributed by atoms with van der Waals surface area (Å²) in [5.41, 5.74) is 0.850. The van der Waals surface area contributed by atoms with Crippen molar-refractivity contribution in [3.63, 3.8) is 0 Å². The topological polar surface area (TPSA) is 101 Å². The molecule has 3 N–H and O–H groups in total. The monoisotopic (exact) mass is 401 g/mol. The molecule has 0 spiro atoms. The van der Waals surface area contributed by atoms with Gasteiger partial charge in [0, 0.05) is 6.54 Å². The summed E-state index contributed by atoms with van der Waals surface area (Å²) in [7, 11) is 3.46. The van der Waals surface area contributed by atoms with E-state index in [0.717, 1.165) is 5.56 Å². The highest BCUT2D eigenvalue weighted by Crippen LogP contribution is 2.43. The molecule has 0 aliphatic carbocycles. The second kappa shape index (κ2) is 7.13. The highest BCUT2D eigenvalue weighted by atomic mass is 35.5. The Labute approximate surface area is 162 Å². The molecule has 0 unspecified atom stereocenters. The number of halogens is 1. The fraction of sp³-hybridized carbons (Fsp3) is 0.667. The molecule has 2 bridgehead atoms. The number of ether oxygens (including phenoxy) is 4. The fourth-order valence-corrected chi connectivity index (χ4v) is 4.36. The van der Waals surface area contributed by atoms with E-state index in [2.05, 4.69) is 0 Å². The maximum absolute atomic E-state index is 10.5. The summed E-state index contributed by atoms with van der Waals surface area (Å²) < 4.78 is 22.8. The van der Waals surface area contributed by atoms with Crippen LogP contribution in [-0.4, -0.2) is 89.3 Å². The first-order valence-electron chi connectivity index (χ1n) is 8.86. The lowest BCUT2D eigenvalue weighted by molar-refractivity contribution is -0.209. The Kier molecular flexibility index (Phi) is 5.11. The first kappa shape index (κ1) is 19.4. The van der Waals surface area contributed by atoms with Crippen LogP contribution >= 0.6 is 11.6 Å². The van der Waals surface area contributed by atoms with Crippen LogP contribution in [0.5, 0.6) is 5.75 Å². The average molecular weight is 402 g/mol. The number of nitrogens with zero attached hydrogens (tertiary/aromatic N) is 1. The largest absolute Gasteiger partial charge is 0.497 e. The molecule has 1 aromatic rings.